The topological polar surface area (TPSA) is 65.1 Å². The summed E-state index contributed by atoms with van der Waals surface area (Å²) < 4.78 is 15.3. The summed E-state index contributed by atoms with van der Waals surface area (Å²) in [6, 6.07) is 8.95. The number of rotatable bonds is 6. The number of amides is 1. The van der Waals surface area contributed by atoms with E-state index >= 15 is 0 Å². The number of nitrogens with zero attached hydrogens (tertiary/aromatic N) is 1. The highest BCUT2D eigenvalue weighted by atomic mass is 35.5. The van der Waals surface area contributed by atoms with E-state index in [0.717, 1.165) is 29.5 Å². The molecule has 1 saturated heterocycles. The first-order valence-corrected chi connectivity index (χ1v) is 10.8. The van der Waals surface area contributed by atoms with Crippen LogP contribution in [0.3, 0.4) is 0 Å². The number of carbonyl (C=O) groups excluding carboxylic acids is 2. The molecule has 0 aliphatic carbocycles. The molecule has 160 valence electrons. The normalized spacial score (nSPS) is 15.8. The second kappa shape index (κ2) is 9.96. The summed E-state index contributed by atoms with van der Waals surface area (Å²) in [5.74, 6) is 0.316. The van der Waals surface area contributed by atoms with Crippen LogP contribution in [0.15, 0.2) is 30.3 Å². The summed E-state index contributed by atoms with van der Waals surface area (Å²) in [7, 11) is 5.66. The summed E-state index contributed by atoms with van der Waals surface area (Å²) in [5.41, 5.74) is 3.34. The quantitative estimate of drug-likeness (QED) is 0.456. The van der Waals surface area contributed by atoms with Crippen LogP contribution >= 0.6 is 30.5 Å². The van der Waals surface area contributed by atoms with E-state index in [9.17, 15) is 9.59 Å². The van der Waals surface area contributed by atoms with Gasteiger partial charge >= 0.3 is 5.97 Å². The van der Waals surface area contributed by atoms with Gasteiger partial charge in [0.1, 0.15) is 11.5 Å². The van der Waals surface area contributed by atoms with Gasteiger partial charge in [0, 0.05) is 12.6 Å². The standard InChI is InChI=1S/C21H24ClNO5P2/c1-12-5-6-13(9-20(24)26-2)8-14(12)17-4-3-7-23(17)21(25)15-10-16(22)19(28-30)11-18(15)27-29/h5-6,8,10-11,17H,3-4,7,9,29-30H2,1-2H3. The van der Waals surface area contributed by atoms with Crippen LogP contribution in [0.5, 0.6) is 11.5 Å². The number of likely N-dealkylation sites (tertiary alicyclic amines) is 1. The SMILES string of the molecule is COC(=O)Cc1ccc(C)c(C2CCCN2C(=O)c2cc(Cl)c(OP)cc2OP)c1. The van der Waals surface area contributed by atoms with Crippen LogP contribution in [-0.2, 0) is 16.0 Å². The molecule has 0 aromatic heterocycles. The van der Waals surface area contributed by atoms with Crippen molar-refractivity contribution in [2.45, 2.75) is 32.2 Å². The molecule has 1 heterocycles. The van der Waals surface area contributed by atoms with Crippen LogP contribution in [0.25, 0.3) is 0 Å². The van der Waals surface area contributed by atoms with Gasteiger partial charge in [0.05, 0.1) is 49.1 Å². The molecule has 0 radical (unpaired) electrons. The van der Waals surface area contributed by atoms with Gasteiger partial charge in [-0.15, -0.1) is 0 Å². The molecule has 0 N–H and O–H groups in total. The fourth-order valence-corrected chi connectivity index (χ4v) is 4.45. The molecular weight excluding hydrogens is 444 g/mol. The first-order chi connectivity index (χ1) is 14.4. The van der Waals surface area contributed by atoms with Gasteiger partial charge in [-0.05, 0) is 42.5 Å². The smallest absolute Gasteiger partial charge is 0.309 e. The number of hydrogen-bond donors (Lipinski definition) is 0. The molecule has 3 atom stereocenters. The Morgan fingerprint density at radius 3 is 2.57 bits per heavy atom. The van der Waals surface area contributed by atoms with Crippen molar-refractivity contribution in [1.82, 2.24) is 4.90 Å². The largest absolute Gasteiger partial charge is 0.479 e. The Kier molecular flexibility index (Phi) is 7.57. The van der Waals surface area contributed by atoms with Crippen LogP contribution in [-0.4, -0.2) is 30.4 Å². The van der Waals surface area contributed by atoms with E-state index in [1.165, 1.54) is 7.11 Å². The number of carbonyl (C=O) groups is 2. The lowest BCUT2D eigenvalue weighted by atomic mass is 9.95. The molecule has 30 heavy (non-hydrogen) atoms. The molecule has 2 aromatic carbocycles. The first-order valence-electron chi connectivity index (χ1n) is 9.43. The van der Waals surface area contributed by atoms with E-state index < -0.39 is 0 Å². The molecule has 0 spiro atoms. The minimum absolute atomic E-state index is 0.0936. The number of halogens is 1. The second-order valence-electron chi connectivity index (χ2n) is 7.11. The average molecular weight is 468 g/mol. The molecule has 1 amide bonds. The van der Waals surface area contributed by atoms with Crippen molar-refractivity contribution in [3.63, 3.8) is 0 Å². The zero-order valence-electron chi connectivity index (χ0n) is 16.8. The molecule has 1 aliphatic heterocycles. The van der Waals surface area contributed by atoms with Gasteiger partial charge in [-0.2, -0.15) is 0 Å². The summed E-state index contributed by atoms with van der Waals surface area (Å²) >= 11 is 6.26. The third-order valence-electron chi connectivity index (χ3n) is 5.31. The van der Waals surface area contributed by atoms with Gasteiger partial charge in [0.15, 0.2) is 0 Å². The van der Waals surface area contributed by atoms with Crippen molar-refractivity contribution < 1.29 is 23.4 Å². The summed E-state index contributed by atoms with van der Waals surface area (Å²) in [4.78, 5) is 27.0. The number of hydrogen-bond acceptors (Lipinski definition) is 5. The number of methoxy groups -OCH3 is 1. The monoisotopic (exact) mass is 467 g/mol. The Balaban J connectivity index is 1.95. The van der Waals surface area contributed by atoms with Crippen molar-refractivity contribution in [1.29, 1.82) is 0 Å². The lowest BCUT2D eigenvalue weighted by molar-refractivity contribution is -0.139. The van der Waals surface area contributed by atoms with Crippen LogP contribution in [0, 0.1) is 6.92 Å². The van der Waals surface area contributed by atoms with E-state index in [1.54, 1.807) is 12.1 Å². The minimum atomic E-state index is -0.294. The van der Waals surface area contributed by atoms with Crippen molar-refractivity contribution in [2.24, 2.45) is 0 Å². The van der Waals surface area contributed by atoms with Gasteiger partial charge in [0.2, 0.25) is 0 Å². The molecule has 2 aromatic rings. The van der Waals surface area contributed by atoms with Crippen molar-refractivity contribution in [3.8, 4) is 11.5 Å². The van der Waals surface area contributed by atoms with Gasteiger partial charge in [-0.25, -0.2) is 0 Å². The first kappa shape index (κ1) is 22.8. The summed E-state index contributed by atoms with van der Waals surface area (Å²) in [6.07, 6.45) is 1.92. The maximum atomic E-state index is 13.4. The fraction of sp³-hybridized carbons (Fsp3) is 0.333. The lowest BCUT2D eigenvalue weighted by Gasteiger charge is -2.27. The molecule has 1 fully saturated rings. The predicted octanol–water partition coefficient (Wildman–Crippen LogP) is 4.68. The predicted molar refractivity (Wildman–Crippen MR) is 122 cm³/mol. The third-order valence-corrected chi connectivity index (χ3v) is 6.11. The van der Waals surface area contributed by atoms with Gasteiger partial charge in [0.25, 0.3) is 5.91 Å². The van der Waals surface area contributed by atoms with E-state index in [0.29, 0.717) is 28.6 Å². The van der Waals surface area contributed by atoms with E-state index in [-0.39, 0.29) is 24.3 Å². The molecule has 1 aliphatic rings. The van der Waals surface area contributed by atoms with Gasteiger partial charge < -0.3 is 18.7 Å². The second-order valence-corrected chi connectivity index (χ2v) is 7.99. The summed E-state index contributed by atoms with van der Waals surface area (Å²) in [5, 5.41) is 0.325. The molecule has 3 unspecified atom stereocenters. The zero-order valence-corrected chi connectivity index (χ0v) is 19.9. The fourth-order valence-electron chi connectivity index (χ4n) is 3.78. The molecule has 3 rings (SSSR count). The van der Waals surface area contributed by atoms with E-state index in [1.807, 2.05) is 30.0 Å². The Hall–Kier alpha value is -1.87. The minimum Gasteiger partial charge on any atom is -0.479 e. The van der Waals surface area contributed by atoms with Gasteiger partial charge in [-0.1, -0.05) is 29.8 Å². The lowest BCUT2D eigenvalue weighted by Crippen LogP contribution is -2.31. The number of benzene rings is 2. The van der Waals surface area contributed by atoms with Crippen molar-refractivity contribution in [2.75, 3.05) is 13.7 Å². The number of aryl methyl sites for hydroxylation is 1. The Morgan fingerprint density at radius 2 is 1.90 bits per heavy atom. The average Bonchev–Trinajstić information content (AvgIpc) is 3.23. The molecular formula is C21H24ClNO5P2. The van der Waals surface area contributed by atoms with Crippen LogP contribution in [0.1, 0.15) is 45.9 Å². The third kappa shape index (κ3) is 4.72. The Morgan fingerprint density at radius 1 is 1.17 bits per heavy atom. The van der Waals surface area contributed by atoms with Crippen LogP contribution < -0.4 is 9.05 Å². The van der Waals surface area contributed by atoms with Crippen LogP contribution in [0.4, 0.5) is 0 Å². The molecule has 6 nitrogen and oxygen atoms in total. The van der Waals surface area contributed by atoms with Crippen LogP contribution in [0.2, 0.25) is 5.02 Å². The Labute approximate surface area is 185 Å². The zero-order chi connectivity index (χ0) is 21.8. The maximum Gasteiger partial charge on any atom is 0.309 e. The maximum absolute atomic E-state index is 13.4. The van der Waals surface area contributed by atoms with Crippen molar-refractivity contribution >= 4 is 42.4 Å². The number of esters is 1. The number of ether oxygens (including phenoxy) is 1. The molecule has 0 bridgehead atoms. The highest BCUT2D eigenvalue weighted by Crippen LogP contribution is 2.39. The summed E-state index contributed by atoms with van der Waals surface area (Å²) in [6.45, 7) is 2.64. The highest BCUT2D eigenvalue weighted by molar-refractivity contribution is 7.10. The Bertz CT molecular complexity index is 969. The van der Waals surface area contributed by atoms with Crippen molar-refractivity contribution in [3.05, 3.63) is 57.6 Å². The molecule has 9 heteroatoms. The van der Waals surface area contributed by atoms with E-state index in [2.05, 4.69) is 18.9 Å². The highest BCUT2D eigenvalue weighted by Gasteiger charge is 2.33. The van der Waals surface area contributed by atoms with Gasteiger partial charge in [-0.3, -0.25) is 9.59 Å². The molecule has 0 saturated carbocycles. The van der Waals surface area contributed by atoms with E-state index in [4.69, 9.17) is 25.4 Å².